The molecule has 2 amide bonds. The second-order valence-electron chi connectivity index (χ2n) is 6.63. The van der Waals surface area contributed by atoms with E-state index in [1.165, 1.54) is 36.0 Å². The summed E-state index contributed by atoms with van der Waals surface area (Å²) in [4.78, 5) is 24.5. The van der Waals surface area contributed by atoms with Crippen molar-refractivity contribution >= 4 is 40.9 Å². The number of thioether (sulfide) groups is 1. The summed E-state index contributed by atoms with van der Waals surface area (Å²) in [5, 5.41) is 15.0. The molecule has 3 aromatic rings. The SMILES string of the molecule is CCn1c(CNC(=O)c2ccc(F)cc2)nnc1SCC(=O)Nc1ccc(C)c(Cl)c1. The number of aryl methyl sites for hydroxylation is 1. The quantitative estimate of drug-likeness (QED) is 0.494. The van der Waals surface area contributed by atoms with Crippen LogP contribution in [0, 0.1) is 12.7 Å². The number of rotatable bonds is 8. The highest BCUT2D eigenvalue weighted by atomic mass is 35.5. The van der Waals surface area contributed by atoms with E-state index < -0.39 is 5.82 Å². The zero-order valence-electron chi connectivity index (χ0n) is 17.0. The molecule has 10 heteroatoms. The molecule has 0 radical (unpaired) electrons. The summed E-state index contributed by atoms with van der Waals surface area (Å²) in [5.74, 6) is -0.228. The Bertz CT molecular complexity index is 1090. The van der Waals surface area contributed by atoms with E-state index in [4.69, 9.17) is 11.6 Å². The van der Waals surface area contributed by atoms with E-state index in [9.17, 15) is 14.0 Å². The second kappa shape index (κ2) is 10.4. The Morgan fingerprint density at radius 3 is 2.58 bits per heavy atom. The van der Waals surface area contributed by atoms with E-state index >= 15 is 0 Å². The fourth-order valence-electron chi connectivity index (χ4n) is 2.73. The van der Waals surface area contributed by atoms with Crippen LogP contribution in [-0.4, -0.2) is 32.3 Å². The lowest BCUT2D eigenvalue weighted by molar-refractivity contribution is -0.113. The number of hydrogen-bond donors (Lipinski definition) is 2. The zero-order chi connectivity index (χ0) is 22.4. The lowest BCUT2D eigenvalue weighted by atomic mass is 10.2. The third kappa shape index (κ3) is 6.05. The molecular weight excluding hydrogens is 441 g/mol. The molecule has 0 unspecified atom stereocenters. The number of carbonyl (C=O) groups is 2. The minimum Gasteiger partial charge on any atom is -0.345 e. The van der Waals surface area contributed by atoms with Crippen molar-refractivity contribution in [2.45, 2.75) is 32.1 Å². The molecule has 0 atom stereocenters. The van der Waals surface area contributed by atoms with Crippen molar-refractivity contribution in [1.29, 1.82) is 0 Å². The topological polar surface area (TPSA) is 88.9 Å². The summed E-state index contributed by atoms with van der Waals surface area (Å²) >= 11 is 7.34. The van der Waals surface area contributed by atoms with Crippen molar-refractivity contribution in [2.75, 3.05) is 11.1 Å². The molecule has 3 rings (SSSR count). The Morgan fingerprint density at radius 2 is 1.90 bits per heavy atom. The smallest absolute Gasteiger partial charge is 0.251 e. The lowest BCUT2D eigenvalue weighted by Crippen LogP contribution is -2.24. The van der Waals surface area contributed by atoms with Crippen LogP contribution in [0.3, 0.4) is 0 Å². The summed E-state index contributed by atoms with van der Waals surface area (Å²) in [6.45, 7) is 4.55. The number of aromatic nitrogens is 3. The monoisotopic (exact) mass is 461 g/mol. The van der Waals surface area contributed by atoms with Crippen molar-refractivity contribution < 1.29 is 14.0 Å². The molecule has 2 N–H and O–H groups in total. The van der Waals surface area contributed by atoms with E-state index in [0.717, 1.165) is 5.56 Å². The van der Waals surface area contributed by atoms with Crippen molar-refractivity contribution in [2.24, 2.45) is 0 Å². The second-order valence-corrected chi connectivity index (χ2v) is 7.98. The number of hydrogen-bond acceptors (Lipinski definition) is 5. The first-order valence-corrected chi connectivity index (χ1v) is 10.9. The van der Waals surface area contributed by atoms with Gasteiger partial charge < -0.3 is 15.2 Å². The molecule has 0 fully saturated rings. The van der Waals surface area contributed by atoms with Crippen molar-refractivity contribution in [3.63, 3.8) is 0 Å². The van der Waals surface area contributed by atoms with Gasteiger partial charge in [0.2, 0.25) is 5.91 Å². The average molecular weight is 462 g/mol. The van der Waals surface area contributed by atoms with E-state index in [0.29, 0.717) is 33.8 Å². The molecule has 0 spiro atoms. The van der Waals surface area contributed by atoms with Gasteiger partial charge in [0, 0.05) is 22.8 Å². The van der Waals surface area contributed by atoms with E-state index in [1.807, 2.05) is 24.5 Å². The lowest BCUT2D eigenvalue weighted by Gasteiger charge is -2.09. The summed E-state index contributed by atoms with van der Waals surface area (Å²) in [6.07, 6.45) is 0. The van der Waals surface area contributed by atoms with Crippen LogP contribution in [-0.2, 0) is 17.9 Å². The zero-order valence-corrected chi connectivity index (χ0v) is 18.6. The number of benzene rings is 2. The number of carbonyl (C=O) groups excluding carboxylic acids is 2. The highest BCUT2D eigenvalue weighted by molar-refractivity contribution is 7.99. The first kappa shape index (κ1) is 22.8. The van der Waals surface area contributed by atoms with Gasteiger partial charge in [0.15, 0.2) is 11.0 Å². The molecule has 0 saturated carbocycles. The summed E-state index contributed by atoms with van der Waals surface area (Å²) in [6, 6.07) is 10.6. The number of halogens is 2. The molecule has 0 bridgehead atoms. The molecule has 1 aromatic heterocycles. The molecular formula is C21H21ClFN5O2S. The fraction of sp³-hybridized carbons (Fsp3) is 0.238. The molecule has 1 heterocycles. The van der Waals surface area contributed by atoms with Crippen LogP contribution in [0.15, 0.2) is 47.6 Å². The number of anilines is 1. The van der Waals surface area contributed by atoms with Gasteiger partial charge in [-0.2, -0.15) is 0 Å². The van der Waals surface area contributed by atoms with Crippen molar-refractivity contribution in [1.82, 2.24) is 20.1 Å². The molecule has 0 saturated heterocycles. The van der Waals surface area contributed by atoms with Gasteiger partial charge in [-0.1, -0.05) is 29.4 Å². The van der Waals surface area contributed by atoms with Crippen LogP contribution < -0.4 is 10.6 Å². The predicted molar refractivity (Wildman–Crippen MR) is 119 cm³/mol. The molecule has 0 aliphatic carbocycles. The van der Waals surface area contributed by atoms with Crippen LogP contribution >= 0.6 is 23.4 Å². The third-order valence-electron chi connectivity index (χ3n) is 4.41. The Labute approximate surface area is 188 Å². The van der Waals surface area contributed by atoms with E-state index in [2.05, 4.69) is 20.8 Å². The molecule has 31 heavy (non-hydrogen) atoms. The van der Waals surface area contributed by atoms with Crippen LogP contribution in [0.2, 0.25) is 5.02 Å². The van der Waals surface area contributed by atoms with Crippen molar-refractivity contribution in [3.8, 4) is 0 Å². The maximum absolute atomic E-state index is 13.0. The van der Waals surface area contributed by atoms with Gasteiger partial charge in [0.05, 0.1) is 12.3 Å². The number of nitrogens with zero attached hydrogens (tertiary/aromatic N) is 3. The Balaban J connectivity index is 1.56. The van der Waals surface area contributed by atoms with Gasteiger partial charge in [-0.3, -0.25) is 9.59 Å². The molecule has 0 aliphatic rings. The molecule has 2 aromatic carbocycles. The molecule has 162 valence electrons. The summed E-state index contributed by atoms with van der Waals surface area (Å²) in [7, 11) is 0. The predicted octanol–water partition coefficient (Wildman–Crippen LogP) is 4.06. The van der Waals surface area contributed by atoms with Gasteiger partial charge >= 0.3 is 0 Å². The number of amides is 2. The highest BCUT2D eigenvalue weighted by Gasteiger charge is 2.15. The Morgan fingerprint density at radius 1 is 1.16 bits per heavy atom. The first-order chi connectivity index (χ1) is 14.9. The fourth-order valence-corrected chi connectivity index (χ4v) is 3.74. The van der Waals surface area contributed by atoms with Crippen LogP contribution in [0.25, 0.3) is 0 Å². The maximum Gasteiger partial charge on any atom is 0.251 e. The van der Waals surface area contributed by atoms with Crippen molar-refractivity contribution in [3.05, 3.63) is 70.3 Å². The summed E-state index contributed by atoms with van der Waals surface area (Å²) < 4.78 is 14.8. The maximum atomic E-state index is 13.0. The highest BCUT2D eigenvalue weighted by Crippen LogP contribution is 2.21. The van der Waals surface area contributed by atoms with E-state index in [1.54, 1.807) is 12.1 Å². The van der Waals surface area contributed by atoms with Crippen LogP contribution in [0.5, 0.6) is 0 Å². The Kier molecular flexibility index (Phi) is 7.64. The molecule has 7 nitrogen and oxygen atoms in total. The summed E-state index contributed by atoms with van der Waals surface area (Å²) in [5.41, 5.74) is 1.91. The molecule has 0 aliphatic heterocycles. The third-order valence-corrected chi connectivity index (χ3v) is 5.79. The average Bonchev–Trinajstić information content (AvgIpc) is 3.15. The van der Waals surface area contributed by atoms with Gasteiger partial charge in [-0.15, -0.1) is 10.2 Å². The van der Waals surface area contributed by atoms with Gasteiger partial charge in [-0.05, 0) is 55.8 Å². The van der Waals surface area contributed by atoms with Gasteiger partial charge in [-0.25, -0.2) is 4.39 Å². The van der Waals surface area contributed by atoms with E-state index in [-0.39, 0.29) is 24.1 Å². The largest absolute Gasteiger partial charge is 0.345 e. The van der Waals surface area contributed by atoms with Crippen LogP contribution in [0.1, 0.15) is 28.7 Å². The number of nitrogens with one attached hydrogen (secondary N) is 2. The standard InChI is InChI=1S/C21H21ClFN5O2S/c1-3-28-18(11-24-20(30)14-5-7-15(23)8-6-14)26-27-21(28)31-12-19(29)25-16-9-4-13(2)17(22)10-16/h4-10H,3,11-12H2,1-2H3,(H,24,30)(H,25,29). The van der Waals surface area contributed by atoms with Gasteiger partial charge in [0.1, 0.15) is 5.82 Å². The minimum atomic E-state index is -0.404. The Hall–Kier alpha value is -2.91. The normalized spacial score (nSPS) is 10.7. The minimum absolute atomic E-state index is 0.144. The first-order valence-electron chi connectivity index (χ1n) is 9.52. The van der Waals surface area contributed by atoms with Crippen LogP contribution in [0.4, 0.5) is 10.1 Å². The van der Waals surface area contributed by atoms with Gasteiger partial charge in [0.25, 0.3) is 5.91 Å².